The van der Waals surface area contributed by atoms with Crippen molar-refractivity contribution in [2.45, 2.75) is 25.8 Å². The molecule has 0 aliphatic carbocycles. The number of carbonyl (C=O) groups is 1. The van der Waals surface area contributed by atoms with Gasteiger partial charge in [-0.05, 0) is 31.0 Å². The lowest BCUT2D eigenvalue weighted by Crippen LogP contribution is -2.58. The van der Waals surface area contributed by atoms with Crippen molar-refractivity contribution in [3.05, 3.63) is 35.9 Å². The van der Waals surface area contributed by atoms with E-state index in [0.29, 0.717) is 19.0 Å². The zero-order valence-electron chi connectivity index (χ0n) is 12.4. The van der Waals surface area contributed by atoms with E-state index in [0.717, 1.165) is 18.7 Å². The molecule has 20 heavy (non-hydrogen) atoms. The van der Waals surface area contributed by atoms with Crippen LogP contribution in [0, 0.1) is 5.92 Å². The van der Waals surface area contributed by atoms with Gasteiger partial charge in [0.2, 0.25) is 5.91 Å². The first-order valence-corrected chi connectivity index (χ1v) is 7.41. The summed E-state index contributed by atoms with van der Waals surface area (Å²) in [5.41, 5.74) is 5.94. The molecule has 0 saturated carbocycles. The van der Waals surface area contributed by atoms with Crippen molar-refractivity contribution < 1.29 is 4.79 Å². The van der Waals surface area contributed by atoms with E-state index < -0.39 is 5.54 Å². The zero-order chi connectivity index (χ0) is 14.6. The van der Waals surface area contributed by atoms with Crippen LogP contribution in [0.25, 0.3) is 0 Å². The molecule has 4 nitrogen and oxygen atoms in total. The van der Waals surface area contributed by atoms with Gasteiger partial charge in [-0.3, -0.25) is 10.1 Å². The van der Waals surface area contributed by atoms with Gasteiger partial charge in [0.15, 0.2) is 0 Å². The normalized spacial score (nSPS) is 22.6. The summed E-state index contributed by atoms with van der Waals surface area (Å²) in [6.45, 7) is 7.68. The lowest BCUT2D eigenvalue weighted by Gasteiger charge is -2.35. The van der Waals surface area contributed by atoms with Crippen molar-refractivity contribution in [3.63, 3.8) is 0 Å². The summed E-state index contributed by atoms with van der Waals surface area (Å²) >= 11 is 0. The molecule has 2 unspecified atom stereocenters. The molecule has 0 radical (unpaired) electrons. The number of hydrogen-bond acceptors (Lipinski definition) is 3. The van der Waals surface area contributed by atoms with Crippen LogP contribution < -0.4 is 11.1 Å². The van der Waals surface area contributed by atoms with Crippen molar-refractivity contribution in [3.8, 4) is 0 Å². The lowest BCUT2D eigenvalue weighted by atomic mass is 9.88. The van der Waals surface area contributed by atoms with Gasteiger partial charge in [0.1, 0.15) is 5.54 Å². The highest BCUT2D eigenvalue weighted by Crippen LogP contribution is 2.25. The third-order valence-electron chi connectivity index (χ3n) is 4.13. The van der Waals surface area contributed by atoms with E-state index in [-0.39, 0.29) is 5.91 Å². The molecule has 0 bridgehead atoms. The van der Waals surface area contributed by atoms with Crippen LogP contribution in [0.2, 0.25) is 0 Å². The average molecular weight is 275 g/mol. The van der Waals surface area contributed by atoms with E-state index in [1.807, 2.05) is 37.3 Å². The van der Waals surface area contributed by atoms with E-state index in [1.54, 1.807) is 0 Å². The second-order valence-corrected chi connectivity index (χ2v) is 5.79. The number of nitrogens with two attached hydrogens (primary N) is 1. The smallest absolute Gasteiger partial charge is 0.243 e. The number of hydrogen-bond donors (Lipinski definition) is 2. The Morgan fingerprint density at radius 2 is 2.15 bits per heavy atom. The van der Waals surface area contributed by atoms with Crippen molar-refractivity contribution in [1.82, 2.24) is 10.2 Å². The largest absolute Gasteiger partial charge is 0.368 e. The summed E-state index contributed by atoms with van der Waals surface area (Å²) < 4.78 is 0. The fraction of sp³-hybridized carbons (Fsp3) is 0.562. The number of benzene rings is 1. The first kappa shape index (κ1) is 15.0. The molecule has 2 atom stereocenters. The molecular weight excluding hydrogens is 250 g/mol. The number of nitrogens with zero attached hydrogens (tertiary/aromatic N) is 1. The third-order valence-corrected chi connectivity index (χ3v) is 4.13. The molecule has 0 spiro atoms. The lowest BCUT2D eigenvalue weighted by molar-refractivity contribution is -0.125. The second kappa shape index (κ2) is 6.37. The van der Waals surface area contributed by atoms with Crippen molar-refractivity contribution >= 4 is 5.91 Å². The molecule has 1 aliphatic heterocycles. The molecule has 1 fully saturated rings. The first-order chi connectivity index (χ1) is 9.58. The Balaban J connectivity index is 2.30. The predicted molar refractivity (Wildman–Crippen MR) is 81.2 cm³/mol. The number of amides is 1. The standard InChI is InChI=1S/C16H25N3O/c1-3-18-16(15(17)20,14-7-5-4-6-8-14)12-19-10-9-13(2)11-19/h4-8,13,18H,3,9-12H2,1-2H3,(H2,17,20). The SMILES string of the molecule is CCNC(CN1CCC(C)C1)(C(N)=O)c1ccccc1. The minimum atomic E-state index is -0.792. The maximum Gasteiger partial charge on any atom is 0.243 e. The molecule has 0 aromatic heterocycles. The van der Waals surface area contributed by atoms with E-state index in [9.17, 15) is 4.79 Å². The van der Waals surface area contributed by atoms with Crippen molar-refractivity contribution in [1.29, 1.82) is 0 Å². The second-order valence-electron chi connectivity index (χ2n) is 5.79. The number of nitrogens with one attached hydrogen (secondary N) is 1. The molecular formula is C16H25N3O. The average Bonchev–Trinajstić information content (AvgIpc) is 2.84. The first-order valence-electron chi connectivity index (χ1n) is 7.41. The van der Waals surface area contributed by atoms with Crippen LogP contribution in [-0.4, -0.2) is 37.0 Å². The molecule has 1 amide bonds. The number of rotatable bonds is 6. The van der Waals surface area contributed by atoms with Gasteiger partial charge in [0.05, 0.1) is 0 Å². The quantitative estimate of drug-likeness (QED) is 0.823. The Bertz CT molecular complexity index is 448. The summed E-state index contributed by atoms with van der Waals surface area (Å²) in [6, 6.07) is 9.83. The van der Waals surface area contributed by atoms with E-state index in [4.69, 9.17) is 5.73 Å². The Kier molecular flexibility index (Phi) is 4.78. The maximum absolute atomic E-state index is 12.2. The molecule has 1 aliphatic rings. The molecule has 1 aromatic rings. The van der Waals surface area contributed by atoms with Gasteiger partial charge in [0, 0.05) is 13.1 Å². The Morgan fingerprint density at radius 1 is 1.45 bits per heavy atom. The topological polar surface area (TPSA) is 58.4 Å². The molecule has 4 heteroatoms. The van der Waals surface area contributed by atoms with Crippen LogP contribution in [0.4, 0.5) is 0 Å². The number of likely N-dealkylation sites (N-methyl/N-ethyl adjacent to an activating group) is 1. The van der Waals surface area contributed by atoms with Gasteiger partial charge in [0.25, 0.3) is 0 Å². The van der Waals surface area contributed by atoms with Gasteiger partial charge in [-0.1, -0.05) is 44.2 Å². The highest BCUT2D eigenvalue weighted by Gasteiger charge is 2.40. The molecule has 110 valence electrons. The Labute approximate surface area is 121 Å². The zero-order valence-corrected chi connectivity index (χ0v) is 12.4. The molecule has 3 N–H and O–H groups in total. The molecule has 1 aromatic carbocycles. The summed E-state index contributed by atoms with van der Waals surface area (Å²) in [5.74, 6) is 0.392. The summed E-state index contributed by atoms with van der Waals surface area (Å²) in [7, 11) is 0. The monoisotopic (exact) mass is 275 g/mol. The van der Waals surface area contributed by atoms with Gasteiger partial charge in [-0.15, -0.1) is 0 Å². The van der Waals surface area contributed by atoms with Crippen LogP contribution in [0.5, 0.6) is 0 Å². The maximum atomic E-state index is 12.2. The minimum absolute atomic E-state index is 0.301. The van der Waals surface area contributed by atoms with Crippen molar-refractivity contribution in [2.24, 2.45) is 11.7 Å². The Morgan fingerprint density at radius 3 is 2.65 bits per heavy atom. The highest BCUT2D eigenvalue weighted by atomic mass is 16.1. The van der Waals surface area contributed by atoms with Crippen LogP contribution in [0.3, 0.4) is 0 Å². The predicted octanol–water partition coefficient (Wildman–Crippen LogP) is 1.32. The van der Waals surface area contributed by atoms with Crippen LogP contribution in [0.15, 0.2) is 30.3 Å². The molecule has 1 saturated heterocycles. The van der Waals surface area contributed by atoms with E-state index in [2.05, 4.69) is 17.1 Å². The van der Waals surface area contributed by atoms with Gasteiger partial charge in [-0.2, -0.15) is 0 Å². The number of primary amides is 1. The van der Waals surface area contributed by atoms with Crippen LogP contribution in [0.1, 0.15) is 25.8 Å². The number of likely N-dealkylation sites (tertiary alicyclic amines) is 1. The minimum Gasteiger partial charge on any atom is -0.368 e. The fourth-order valence-electron chi connectivity index (χ4n) is 3.09. The van der Waals surface area contributed by atoms with Gasteiger partial charge in [-0.25, -0.2) is 0 Å². The number of carbonyl (C=O) groups excluding carboxylic acids is 1. The van der Waals surface area contributed by atoms with Crippen LogP contribution in [-0.2, 0) is 10.3 Å². The van der Waals surface area contributed by atoms with Crippen molar-refractivity contribution in [2.75, 3.05) is 26.2 Å². The van der Waals surface area contributed by atoms with Crippen LogP contribution >= 0.6 is 0 Å². The highest BCUT2D eigenvalue weighted by molar-refractivity contribution is 5.86. The molecule has 1 heterocycles. The third kappa shape index (κ3) is 3.02. The summed E-state index contributed by atoms with van der Waals surface area (Å²) in [4.78, 5) is 14.6. The van der Waals surface area contributed by atoms with E-state index >= 15 is 0 Å². The molecule has 2 rings (SSSR count). The summed E-state index contributed by atoms with van der Waals surface area (Å²) in [6.07, 6.45) is 1.19. The van der Waals surface area contributed by atoms with E-state index in [1.165, 1.54) is 6.42 Å². The summed E-state index contributed by atoms with van der Waals surface area (Å²) in [5, 5.41) is 3.34. The van der Waals surface area contributed by atoms with Gasteiger partial charge < -0.3 is 10.6 Å². The fourth-order valence-corrected chi connectivity index (χ4v) is 3.09. The Hall–Kier alpha value is -1.39. The van der Waals surface area contributed by atoms with Gasteiger partial charge >= 0.3 is 0 Å².